The van der Waals surface area contributed by atoms with E-state index >= 15 is 0 Å². The van der Waals surface area contributed by atoms with E-state index in [0.29, 0.717) is 29.0 Å². The number of hydrogen-bond acceptors (Lipinski definition) is 5. The molecule has 1 amide bonds. The summed E-state index contributed by atoms with van der Waals surface area (Å²) in [7, 11) is 0. The third-order valence-electron chi connectivity index (χ3n) is 4.59. The molecule has 0 bridgehead atoms. The summed E-state index contributed by atoms with van der Waals surface area (Å²) >= 11 is 1.45. The zero-order valence-corrected chi connectivity index (χ0v) is 16.0. The number of rotatable bonds is 7. The number of nitrogens with two attached hydrogens (primary N) is 1. The molecule has 0 unspecified atom stereocenters. The van der Waals surface area contributed by atoms with Gasteiger partial charge in [0.2, 0.25) is 11.6 Å². The van der Waals surface area contributed by atoms with Crippen molar-refractivity contribution < 1.29 is 10.1 Å². The molecule has 136 valence electrons. The highest BCUT2D eigenvalue weighted by molar-refractivity contribution is 7.98. The van der Waals surface area contributed by atoms with Gasteiger partial charge in [-0.3, -0.25) is 4.79 Å². The second-order valence-corrected chi connectivity index (χ2v) is 7.00. The van der Waals surface area contributed by atoms with E-state index in [1.807, 2.05) is 17.6 Å². The first-order valence-electron chi connectivity index (χ1n) is 8.81. The SMILES string of the molecule is C=CCNC(=O)c1cnc(SC)nc1[NH2+]c1ccc2c(n1)[C@@H](CC)CC2. The van der Waals surface area contributed by atoms with Crippen molar-refractivity contribution >= 4 is 29.3 Å². The molecule has 0 spiro atoms. The van der Waals surface area contributed by atoms with Gasteiger partial charge in [-0.2, -0.15) is 4.98 Å². The first-order valence-corrected chi connectivity index (χ1v) is 10.0. The summed E-state index contributed by atoms with van der Waals surface area (Å²) in [5.74, 6) is 1.73. The lowest BCUT2D eigenvalue weighted by molar-refractivity contribution is -0.487. The van der Waals surface area contributed by atoms with E-state index in [4.69, 9.17) is 4.98 Å². The Morgan fingerprint density at radius 3 is 3.04 bits per heavy atom. The maximum atomic E-state index is 12.4. The fraction of sp³-hybridized carbons (Fsp3) is 0.368. The van der Waals surface area contributed by atoms with Gasteiger partial charge < -0.3 is 5.32 Å². The summed E-state index contributed by atoms with van der Waals surface area (Å²) in [6.07, 6.45) is 8.50. The van der Waals surface area contributed by atoms with Gasteiger partial charge in [-0.15, -0.1) is 6.58 Å². The van der Waals surface area contributed by atoms with Crippen molar-refractivity contribution in [1.29, 1.82) is 0 Å². The summed E-state index contributed by atoms with van der Waals surface area (Å²) in [5, 5.41) is 5.29. The number of thioether (sulfide) groups is 1. The molecule has 3 rings (SSSR count). The molecule has 7 heteroatoms. The van der Waals surface area contributed by atoms with Crippen LogP contribution in [0.15, 0.2) is 36.1 Å². The lowest BCUT2D eigenvalue weighted by Gasteiger charge is -2.09. The lowest BCUT2D eigenvalue weighted by atomic mass is 10.0. The van der Waals surface area contributed by atoms with Crippen LogP contribution in [0.2, 0.25) is 0 Å². The van der Waals surface area contributed by atoms with Crippen LogP contribution in [-0.4, -0.2) is 33.7 Å². The number of aryl methyl sites for hydroxylation is 1. The molecule has 2 aromatic heterocycles. The Balaban J connectivity index is 1.91. The Bertz CT molecular complexity index is 824. The molecule has 6 nitrogen and oxygen atoms in total. The van der Waals surface area contributed by atoms with Crippen LogP contribution in [0.5, 0.6) is 0 Å². The first kappa shape index (κ1) is 18.5. The maximum Gasteiger partial charge on any atom is 0.261 e. The number of carbonyl (C=O) groups is 1. The first-order chi connectivity index (χ1) is 12.7. The van der Waals surface area contributed by atoms with E-state index < -0.39 is 0 Å². The summed E-state index contributed by atoms with van der Waals surface area (Å²) < 4.78 is 0. The van der Waals surface area contributed by atoms with Crippen molar-refractivity contribution in [2.24, 2.45) is 0 Å². The quantitative estimate of drug-likeness (QED) is 0.444. The number of nitrogens with one attached hydrogen (secondary N) is 1. The highest BCUT2D eigenvalue weighted by Crippen LogP contribution is 2.34. The Morgan fingerprint density at radius 1 is 1.46 bits per heavy atom. The molecule has 2 aromatic rings. The predicted molar refractivity (Wildman–Crippen MR) is 103 cm³/mol. The van der Waals surface area contributed by atoms with Crippen molar-refractivity contribution in [3.05, 3.63) is 47.8 Å². The van der Waals surface area contributed by atoms with Crippen LogP contribution in [0.3, 0.4) is 0 Å². The topological polar surface area (TPSA) is 84.4 Å². The third kappa shape index (κ3) is 3.94. The summed E-state index contributed by atoms with van der Waals surface area (Å²) in [6.45, 7) is 6.23. The molecule has 0 fully saturated rings. The van der Waals surface area contributed by atoms with Crippen LogP contribution >= 0.6 is 11.8 Å². The van der Waals surface area contributed by atoms with Crippen LogP contribution in [0.4, 0.5) is 11.6 Å². The van der Waals surface area contributed by atoms with Crippen molar-refractivity contribution in [3.8, 4) is 0 Å². The Morgan fingerprint density at radius 2 is 2.31 bits per heavy atom. The van der Waals surface area contributed by atoms with Gasteiger partial charge in [0, 0.05) is 18.5 Å². The molecule has 3 N–H and O–H groups in total. The average molecular weight is 371 g/mol. The van der Waals surface area contributed by atoms with Gasteiger partial charge in [0.25, 0.3) is 5.91 Å². The average Bonchev–Trinajstić information content (AvgIpc) is 3.08. The van der Waals surface area contributed by atoms with E-state index in [9.17, 15) is 4.79 Å². The predicted octanol–water partition coefficient (Wildman–Crippen LogP) is 2.48. The third-order valence-corrected chi connectivity index (χ3v) is 5.15. The molecule has 0 aliphatic heterocycles. The largest absolute Gasteiger partial charge is 0.348 e. The van der Waals surface area contributed by atoms with Crippen molar-refractivity contribution in [1.82, 2.24) is 20.3 Å². The minimum Gasteiger partial charge on any atom is -0.348 e. The molecule has 2 heterocycles. The van der Waals surface area contributed by atoms with Crippen LogP contribution in [0, 0.1) is 0 Å². The standard InChI is InChI=1S/C19H23N5OS/c1-4-10-20-18(25)14-11-21-19(26-3)24-17(14)23-15-9-8-13-7-6-12(5-2)16(13)22-15/h4,8-9,11-12H,1,5-7,10H2,2-3H3,(H,20,25)(H,21,22,23,24)/p+1/t12-/m0/s1. The Hall–Kier alpha value is -2.25. The molecular formula is C19H24N5OS+. The number of hydrogen-bond donors (Lipinski definition) is 2. The number of pyridine rings is 1. The van der Waals surface area contributed by atoms with Gasteiger partial charge >= 0.3 is 0 Å². The fourth-order valence-electron chi connectivity index (χ4n) is 3.19. The maximum absolute atomic E-state index is 12.4. The number of amides is 1. The number of quaternary nitrogens is 1. The minimum absolute atomic E-state index is 0.212. The second kappa shape index (κ2) is 8.42. The van der Waals surface area contributed by atoms with Crippen LogP contribution < -0.4 is 10.6 Å². The van der Waals surface area contributed by atoms with Gasteiger partial charge in [0.1, 0.15) is 5.56 Å². The monoisotopic (exact) mass is 370 g/mol. The minimum atomic E-state index is -0.212. The Labute approximate surface area is 157 Å². The number of carbonyl (C=O) groups excluding carboxylic acids is 1. The number of aromatic nitrogens is 3. The van der Waals surface area contributed by atoms with Crippen molar-refractivity contribution in [2.45, 2.75) is 37.3 Å². The number of fused-ring (bicyclic) bond motifs is 1. The molecule has 0 radical (unpaired) electrons. The summed E-state index contributed by atoms with van der Waals surface area (Å²) in [6, 6.07) is 4.15. The molecule has 26 heavy (non-hydrogen) atoms. The highest BCUT2D eigenvalue weighted by atomic mass is 32.2. The van der Waals surface area contributed by atoms with Gasteiger partial charge in [-0.1, -0.05) is 24.8 Å². The van der Waals surface area contributed by atoms with Crippen molar-refractivity contribution in [3.63, 3.8) is 0 Å². The van der Waals surface area contributed by atoms with E-state index in [-0.39, 0.29) is 5.91 Å². The molecule has 1 atom stereocenters. The van der Waals surface area contributed by atoms with Crippen LogP contribution in [0.1, 0.15) is 47.3 Å². The van der Waals surface area contributed by atoms with E-state index in [1.165, 1.54) is 29.4 Å². The smallest absolute Gasteiger partial charge is 0.261 e. The van der Waals surface area contributed by atoms with Gasteiger partial charge in [-0.25, -0.2) is 15.3 Å². The molecular weight excluding hydrogens is 346 g/mol. The molecule has 0 aromatic carbocycles. The van der Waals surface area contributed by atoms with Crippen LogP contribution in [-0.2, 0) is 6.42 Å². The van der Waals surface area contributed by atoms with Gasteiger partial charge in [-0.05, 0) is 37.1 Å². The van der Waals surface area contributed by atoms with Gasteiger partial charge in [0.05, 0.1) is 11.9 Å². The molecule has 1 aliphatic carbocycles. The Kier molecular flexibility index (Phi) is 6.00. The second-order valence-electron chi connectivity index (χ2n) is 6.22. The normalized spacial score (nSPS) is 15.5. The molecule has 1 aliphatic rings. The van der Waals surface area contributed by atoms with E-state index in [1.54, 1.807) is 12.3 Å². The lowest BCUT2D eigenvalue weighted by Crippen LogP contribution is -2.73. The van der Waals surface area contributed by atoms with E-state index in [0.717, 1.165) is 18.7 Å². The van der Waals surface area contributed by atoms with E-state index in [2.05, 4.69) is 34.9 Å². The molecule has 0 saturated carbocycles. The zero-order valence-electron chi connectivity index (χ0n) is 15.2. The molecule has 0 saturated heterocycles. The fourth-order valence-corrected chi connectivity index (χ4v) is 3.54. The number of nitrogens with zero attached hydrogens (tertiary/aromatic N) is 3. The highest BCUT2D eigenvalue weighted by Gasteiger charge is 2.25. The summed E-state index contributed by atoms with van der Waals surface area (Å²) in [5.41, 5.74) is 2.97. The van der Waals surface area contributed by atoms with Crippen molar-refractivity contribution in [2.75, 3.05) is 12.8 Å². The zero-order chi connectivity index (χ0) is 18.5. The van der Waals surface area contributed by atoms with Crippen LogP contribution in [0.25, 0.3) is 0 Å². The van der Waals surface area contributed by atoms with Gasteiger partial charge in [0.15, 0.2) is 5.16 Å². The summed E-state index contributed by atoms with van der Waals surface area (Å²) in [4.78, 5) is 26.0.